The standard InChI is InChI=1S/3C6H12.C4H6/c1-4-6(3)5-2;2*1-3-5-6-4-2;1-3-4-2/h4,6H,1,5H2,2-3H3;2*5-6H,3-4H2,1-2H3;3-4H,1-2H2/b;6-5+;6-5-;. The zero-order valence-electron chi connectivity index (χ0n) is 16.3. The van der Waals surface area contributed by atoms with Gasteiger partial charge in [0.1, 0.15) is 0 Å². The van der Waals surface area contributed by atoms with Crippen molar-refractivity contribution in [1.82, 2.24) is 0 Å². The van der Waals surface area contributed by atoms with Gasteiger partial charge in [0.2, 0.25) is 0 Å². The van der Waals surface area contributed by atoms with Crippen molar-refractivity contribution >= 4 is 0 Å². The third-order valence-electron chi connectivity index (χ3n) is 2.49. The molecular weight excluding hydrogens is 264 g/mol. The molecule has 0 aromatic rings. The maximum Gasteiger partial charge on any atom is -0.0267 e. The molecule has 0 heteroatoms. The first kappa shape index (κ1) is 28.8. The lowest BCUT2D eigenvalue weighted by atomic mass is 10.1. The highest BCUT2D eigenvalue weighted by Gasteiger charge is 1.84. The molecule has 0 amide bonds. The monoisotopic (exact) mass is 306 g/mol. The van der Waals surface area contributed by atoms with E-state index in [1.165, 1.54) is 32.1 Å². The summed E-state index contributed by atoms with van der Waals surface area (Å²) in [6.45, 7) is 23.3. The Balaban J connectivity index is -0.0000000994. The van der Waals surface area contributed by atoms with E-state index in [1.54, 1.807) is 12.2 Å². The van der Waals surface area contributed by atoms with E-state index in [-0.39, 0.29) is 0 Å². The summed E-state index contributed by atoms with van der Waals surface area (Å²) in [7, 11) is 0. The second-order valence-electron chi connectivity index (χ2n) is 4.67. The summed E-state index contributed by atoms with van der Waals surface area (Å²) in [4.78, 5) is 0. The summed E-state index contributed by atoms with van der Waals surface area (Å²) in [5.41, 5.74) is 0. The van der Waals surface area contributed by atoms with E-state index in [2.05, 4.69) is 85.6 Å². The zero-order chi connectivity index (χ0) is 18.1. The number of hydrogen-bond donors (Lipinski definition) is 0. The van der Waals surface area contributed by atoms with Crippen molar-refractivity contribution in [1.29, 1.82) is 0 Å². The quantitative estimate of drug-likeness (QED) is 0.328. The highest BCUT2D eigenvalue weighted by atomic mass is 13.9. The van der Waals surface area contributed by atoms with Gasteiger partial charge in [-0.15, -0.1) is 6.58 Å². The van der Waals surface area contributed by atoms with Crippen LogP contribution in [0.4, 0.5) is 0 Å². The maximum atomic E-state index is 3.63. The van der Waals surface area contributed by atoms with Gasteiger partial charge in [-0.1, -0.05) is 104 Å². The molecule has 0 bridgehead atoms. The molecule has 0 saturated carbocycles. The van der Waals surface area contributed by atoms with E-state index in [0.29, 0.717) is 5.92 Å². The summed E-state index contributed by atoms with van der Waals surface area (Å²) < 4.78 is 0. The minimum Gasteiger partial charge on any atom is -0.103 e. The molecule has 0 spiro atoms. The molecule has 0 aliphatic heterocycles. The molecule has 0 aliphatic carbocycles. The van der Waals surface area contributed by atoms with E-state index in [0.717, 1.165) is 0 Å². The smallest absolute Gasteiger partial charge is 0.0267 e. The average molecular weight is 307 g/mol. The lowest BCUT2D eigenvalue weighted by Crippen LogP contribution is -1.80. The molecule has 0 aliphatic rings. The van der Waals surface area contributed by atoms with Crippen LogP contribution in [0.15, 0.2) is 62.3 Å². The van der Waals surface area contributed by atoms with E-state index >= 15 is 0 Å². The molecule has 22 heavy (non-hydrogen) atoms. The van der Waals surface area contributed by atoms with Crippen LogP contribution in [0.3, 0.4) is 0 Å². The van der Waals surface area contributed by atoms with Crippen molar-refractivity contribution in [2.75, 3.05) is 0 Å². The Bertz CT molecular complexity index is 211. The second-order valence-corrected chi connectivity index (χ2v) is 4.67. The number of hydrogen-bond acceptors (Lipinski definition) is 0. The van der Waals surface area contributed by atoms with E-state index in [1.807, 2.05) is 6.08 Å². The van der Waals surface area contributed by atoms with Gasteiger partial charge < -0.3 is 0 Å². The van der Waals surface area contributed by atoms with Gasteiger partial charge in [-0.25, -0.2) is 0 Å². The third kappa shape index (κ3) is 62.3. The first-order valence-corrected chi connectivity index (χ1v) is 8.71. The molecule has 0 N–H and O–H groups in total. The van der Waals surface area contributed by atoms with Crippen LogP contribution in [0.5, 0.6) is 0 Å². The predicted octanol–water partition coefficient (Wildman–Crippen LogP) is 8.30. The van der Waals surface area contributed by atoms with Gasteiger partial charge >= 0.3 is 0 Å². The topological polar surface area (TPSA) is 0 Å². The van der Waals surface area contributed by atoms with Crippen molar-refractivity contribution in [3.8, 4) is 0 Å². The molecule has 0 aromatic heterocycles. The summed E-state index contributed by atoms with van der Waals surface area (Å²) in [5.74, 6) is 0.699. The third-order valence-corrected chi connectivity index (χ3v) is 2.49. The van der Waals surface area contributed by atoms with Crippen LogP contribution in [0.2, 0.25) is 0 Å². The van der Waals surface area contributed by atoms with E-state index in [4.69, 9.17) is 0 Å². The van der Waals surface area contributed by atoms with E-state index in [9.17, 15) is 0 Å². The largest absolute Gasteiger partial charge is 0.103 e. The van der Waals surface area contributed by atoms with Gasteiger partial charge in [-0.05, 0) is 31.6 Å². The molecule has 1 unspecified atom stereocenters. The average Bonchev–Trinajstić information content (AvgIpc) is 2.58. The highest BCUT2D eigenvalue weighted by Crippen LogP contribution is 1.98. The highest BCUT2D eigenvalue weighted by molar-refractivity contribution is 4.88. The van der Waals surface area contributed by atoms with Gasteiger partial charge in [0, 0.05) is 0 Å². The predicted molar refractivity (Wildman–Crippen MR) is 109 cm³/mol. The van der Waals surface area contributed by atoms with Crippen molar-refractivity contribution in [3.05, 3.63) is 62.3 Å². The lowest BCUT2D eigenvalue weighted by molar-refractivity contribution is 0.700. The fourth-order valence-electron chi connectivity index (χ4n) is 0.833. The zero-order valence-corrected chi connectivity index (χ0v) is 16.3. The van der Waals surface area contributed by atoms with Crippen LogP contribution in [-0.4, -0.2) is 0 Å². The first-order chi connectivity index (χ1) is 10.6. The molecule has 1 atom stereocenters. The molecule has 130 valence electrons. The second kappa shape index (κ2) is 36.7. The van der Waals surface area contributed by atoms with Crippen LogP contribution in [0, 0.1) is 5.92 Å². The van der Waals surface area contributed by atoms with Crippen LogP contribution in [0.1, 0.15) is 73.6 Å². The number of allylic oxidation sites excluding steroid dienone is 7. The molecule has 0 aromatic carbocycles. The Kier molecular flexibility index (Phi) is 48.1. The molecule has 0 heterocycles. The fourth-order valence-corrected chi connectivity index (χ4v) is 0.833. The first-order valence-electron chi connectivity index (χ1n) is 8.71. The van der Waals surface area contributed by atoms with Crippen molar-refractivity contribution in [2.45, 2.75) is 73.6 Å². The van der Waals surface area contributed by atoms with Gasteiger partial charge in [-0.3, -0.25) is 0 Å². The van der Waals surface area contributed by atoms with Gasteiger partial charge in [0.05, 0.1) is 0 Å². The normalized spacial score (nSPS) is 10.3. The number of rotatable bonds is 7. The Hall–Kier alpha value is -1.30. The Morgan fingerprint density at radius 1 is 0.636 bits per heavy atom. The van der Waals surface area contributed by atoms with Crippen molar-refractivity contribution in [3.63, 3.8) is 0 Å². The van der Waals surface area contributed by atoms with Crippen LogP contribution >= 0.6 is 0 Å². The van der Waals surface area contributed by atoms with Crippen LogP contribution in [0.25, 0.3) is 0 Å². The molecule has 0 fully saturated rings. The summed E-state index contributed by atoms with van der Waals surface area (Å²) >= 11 is 0. The minimum absolute atomic E-state index is 0.699. The molecular formula is C22H42. The lowest BCUT2D eigenvalue weighted by Gasteiger charge is -1.93. The van der Waals surface area contributed by atoms with Gasteiger partial charge in [0.25, 0.3) is 0 Å². The molecule has 0 radical (unpaired) electrons. The van der Waals surface area contributed by atoms with Crippen LogP contribution < -0.4 is 0 Å². The summed E-state index contributed by atoms with van der Waals surface area (Å²) in [6, 6.07) is 0. The fraction of sp³-hybridized carbons (Fsp3) is 0.545. The Morgan fingerprint density at radius 3 is 0.955 bits per heavy atom. The molecule has 0 saturated heterocycles. The van der Waals surface area contributed by atoms with Crippen molar-refractivity contribution in [2.24, 2.45) is 5.92 Å². The van der Waals surface area contributed by atoms with Crippen molar-refractivity contribution < 1.29 is 0 Å². The summed E-state index contributed by atoms with van der Waals surface area (Å²) in [6.07, 6.45) is 19.9. The Labute approximate surface area is 142 Å². The van der Waals surface area contributed by atoms with Gasteiger partial charge in [-0.2, -0.15) is 0 Å². The molecule has 0 nitrogen and oxygen atoms in total. The summed E-state index contributed by atoms with van der Waals surface area (Å²) in [5, 5.41) is 0. The van der Waals surface area contributed by atoms with Crippen LogP contribution in [-0.2, 0) is 0 Å². The van der Waals surface area contributed by atoms with Gasteiger partial charge in [0.15, 0.2) is 0 Å². The Morgan fingerprint density at radius 2 is 0.909 bits per heavy atom. The molecule has 0 rings (SSSR count). The maximum absolute atomic E-state index is 3.63. The minimum atomic E-state index is 0.699. The SMILES string of the molecule is C=CC(C)CC.C=CC=C.CC/C=C/CC.CC/C=C\CC. The van der Waals surface area contributed by atoms with E-state index < -0.39 is 0 Å².